The number of hydrogen-bond donors (Lipinski definition) is 0. The molecular formula is C54H40N2S2. The van der Waals surface area contributed by atoms with Crippen LogP contribution in [0.4, 0.5) is 34.1 Å². The third kappa shape index (κ3) is 4.70. The second kappa shape index (κ2) is 12.2. The summed E-state index contributed by atoms with van der Waals surface area (Å²) in [6.07, 6.45) is 0. The van der Waals surface area contributed by atoms with E-state index in [4.69, 9.17) is 0 Å². The monoisotopic (exact) mass is 780 g/mol. The van der Waals surface area contributed by atoms with Crippen LogP contribution >= 0.6 is 22.7 Å². The van der Waals surface area contributed by atoms with Crippen LogP contribution in [0.5, 0.6) is 0 Å². The van der Waals surface area contributed by atoms with E-state index in [1.807, 2.05) is 22.7 Å². The van der Waals surface area contributed by atoms with Crippen LogP contribution in [-0.4, -0.2) is 0 Å². The summed E-state index contributed by atoms with van der Waals surface area (Å²) in [4.78, 5) is 5.00. The number of anilines is 6. The number of para-hydroxylation sites is 1. The quantitative estimate of drug-likeness (QED) is 0.175. The smallest absolute Gasteiger partial charge is 0.0509 e. The molecule has 2 aromatic heterocycles. The van der Waals surface area contributed by atoms with Gasteiger partial charge in [0.25, 0.3) is 0 Å². The summed E-state index contributed by atoms with van der Waals surface area (Å²) in [6.45, 7) is 9.61. The molecule has 2 aliphatic rings. The van der Waals surface area contributed by atoms with Gasteiger partial charge >= 0.3 is 0 Å². The van der Waals surface area contributed by atoms with Gasteiger partial charge in [-0.2, -0.15) is 0 Å². The highest BCUT2D eigenvalue weighted by Crippen LogP contribution is 2.58. The maximum atomic E-state index is 2.54. The summed E-state index contributed by atoms with van der Waals surface area (Å²) in [5.74, 6) is 0. The molecule has 0 saturated carbocycles. The van der Waals surface area contributed by atoms with Gasteiger partial charge in [-0.15, -0.1) is 22.7 Å². The first-order valence-electron chi connectivity index (χ1n) is 20.2. The molecule has 12 rings (SSSR count). The Kier molecular flexibility index (Phi) is 7.10. The van der Waals surface area contributed by atoms with Crippen LogP contribution in [0.1, 0.15) is 49.9 Å². The lowest BCUT2D eigenvalue weighted by molar-refractivity contribution is 0.638. The van der Waals surface area contributed by atoms with Gasteiger partial charge < -0.3 is 9.80 Å². The third-order valence-electron chi connectivity index (χ3n) is 13.0. The molecule has 1 aliphatic carbocycles. The molecular weight excluding hydrogens is 741 g/mol. The molecule has 0 radical (unpaired) electrons. The number of nitrogens with zero attached hydrogens (tertiary/aromatic N) is 2. The Labute approximate surface area is 346 Å². The minimum atomic E-state index is -0.313. The fraction of sp³-hybridized carbons (Fsp3) is 0.111. The fourth-order valence-corrected chi connectivity index (χ4v) is 12.5. The van der Waals surface area contributed by atoms with Gasteiger partial charge in [-0.05, 0) is 112 Å². The molecule has 2 nitrogen and oxygen atoms in total. The van der Waals surface area contributed by atoms with E-state index >= 15 is 0 Å². The lowest BCUT2D eigenvalue weighted by atomic mass is 9.71. The van der Waals surface area contributed by atoms with Crippen LogP contribution < -0.4 is 9.80 Å². The van der Waals surface area contributed by atoms with Crippen molar-refractivity contribution in [2.75, 3.05) is 9.80 Å². The first-order chi connectivity index (χ1) is 28.3. The number of rotatable bonds is 4. The van der Waals surface area contributed by atoms with Crippen LogP contribution in [-0.2, 0) is 10.8 Å². The Bertz CT molecular complexity index is 3310. The van der Waals surface area contributed by atoms with Gasteiger partial charge in [0.2, 0.25) is 0 Å². The summed E-state index contributed by atoms with van der Waals surface area (Å²) in [5, 5.41) is 5.34. The first-order valence-corrected chi connectivity index (χ1v) is 21.8. The maximum Gasteiger partial charge on any atom is 0.0509 e. The van der Waals surface area contributed by atoms with Crippen molar-refractivity contribution in [2.45, 2.75) is 38.5 Å². The van der Waals surface area contributed by atoms with E-state index in [1.165, 1.54) is 90.8 Å². The number of hydrogen-bond acceptors (Lipinski definition) is 4. The van der Waals surface area contributed by atoms with Gasteiger partial charge in [0.15, 0.2) is 0 Å². The van der Waals surface area contributed by atoms with Gasteiger partial charge in [-0.3, -0.25) is 0 Å². The van der Waals surface area contributed by atoms with Crippen LogP contribution in [0.2, 0.25) is 0 Å². The predicted molar refractivity (Wildman–Crippen MR) is 251 cm³/mol. The van der Waals surface area contributed by atoms with Crippen molar-refractivity contribution in [1.82, 2.24) is 0 Å². The third-order valence-corrected chi connectivity index (χ3v) is 15.3. The first kappa shape index (κ1) is 33.9. The number of thiophene rings is 2. The fourth-order valence-electron chi connectivity index (χ4n) is 10.2. The lowest BCUT2D eigenvalue weighted by Crippen LogP contribution is -2.31. The molecule has 4 heteroatoms. The normalized spacial score (nSPS) is 14.8. The Hall–Kier alpha value is -6.20. The van der Waals surface area contributed by atoms with Crippen molar-refractivity contribution in [3.05, 3.63) is 192 Å². The number of fused-ring (bicyclic) bond motifs is 12. The largest absolute Gasteiger partial charge is 0.310 e. The van der Waals surface area contributed by atoms with Gasteiger partial charge in [0.1, 0.15) is 0 Å². The molecule has 8 aromatic carbocycles. The summed E-state index contributed by atoms with van der Waals surface area (Å²) in [7, 11) is 0. The SMILES string of the molecule is CC1(C)c2ccccc2-c2ccc(N(c3ccccc3)c3ccc4c(c3)C(C)(C)c3c(ccc5sc6ccccc6c35)N4c3ccc4c(c3)sc3ccccc34)cc21. The van der Waals surface area contributed by atoms with Crippen LogP contribution in [0.25, 0.3) is 51.5 Å². The minimum Gasteiger partial charge on any atom is -0.310 e. The Morgan fingerprint density at radius 1 is 0.414 bits per heavy atom. The van der Waals surface area contributed by atoms with Crippen molar-refractivity contribution in [3.63, 3.8) is 0 Å². The minimum absolute atomic E-state index is 0.101. The van der Waals surface area contributed by atoms with Gasteiger partial charge in [-0.1, -0.05) is 119 Å². The molecule has 0 fully saturated rings. The molecule has 0 bridgehead atoms. The number of benzene rings is 8. The van der Waals surface area contributed by atoms with E-state index in [1.54, 1.807) is 0 Å². The van der Waals surface area contributed by atoms with Crippen molar-refractivity contribution in [2.24, 2.45) is 0 Å². The Balaban J connectivity index is 1.10. The van der Waals surface area contributed by atoms with E-state index in [2.05, 4.69) is 207 Å². The van der Waals surface area contributed by atoms with Crippen LogP contribution in [0, 0.1) is 0 Å². The molecule has 0 N–H and O–H groups in total. The summed E-state index contributed by atoms with van der Waals surface area (Å²) < 4.78 is 5.30. The van der Waals surface area contributed by atoms with Gasteiger partial charge in [0, 0.05) is 73.9 Å². The average molecular weight is 781 g/mol. The van der Waals surface area contributed by atoms with Gasteiger partial charge in [-0.25, -0.2) is 0 Å². The highest BCUT2D eigenvalue weighted by molar-refractivity contribution is 7.26. The highest BCUT2D eigenvalue weighted by atomic mass is 32.1. The second-order valence-electron chi connectivity index (χ2n) is 16.9. The molecule has 3 heterocycles. The molecule has 0 atom stereocenters. The molecule has 0 saturated heterocycles. The second-order valence-corrected chi connectivity index (χ2v) is 19.1. The van der Waals surface area contributed by atoms with Crippen molar-refractivity contribution in [3.8, 4) is 11.1 Å². The molecule has 1 aliphatic heterocycles. The molecule has 0 spiro atoms. The molecule has 0 unspecified atom stereocenters. The van der Waals surface area contributed by atoms with E-state index < -0.39 is 0 Å². The zero-order valence-electron chi connectivity index (χ0n) is 32.9. The van der Waals surface area contributed by atoms with Crippen LogP contribution in [0.15, 0.2) is 170 Å². The average Bonchev–Trinajstić information content (AvgIpc) is 3.89. The molecule has 0 amide bonds. The lowest BCUT2D eigenvalue weighted by Gasteiger charge is -2.43. The molecule has 58 heavy (non-hydrogen) atoms. The molecule has 278 valence electrons. The van der Waals surface area contributed by atoms with E-state index in [9.17, 15) is 0 Å². The molecule has 10 aromatic rings. The highest BCUT2D eigenvalue weighted by Gasteiger charge is 2.40. The zero-order valence-corrected chi connectivity index (χ0v) is 34.5. The summed E-state index contributed by atoms with van der Waals surface area (Å²) in [5.41, 5.74) is 14.8. The summed E-state index contributed by atoms with van der Waals surface area (Å²) in [6, 6.07) is 63.6. The van der Waals surface area contributed by atoms with E-state index in [0.29, 0.717) is 0 Å². The topological polar surface area (TPSA) is 6.48 Å². The van der Waals surface area contributed by atoms with Crippen LogP contribution in [0.3, 0.4) is 0 Å². The standard InChI is InChI=1S/C54H40N2S2/c1-53(2)42-19-11-8-16-37(42)38-25-22-34(30-43(38)53)55(33-14-6-5-7-15-33)35-24-27-45-44(31-35)54(3,4)52-46(28-29-49-51(52)41-18-10-13-21-48(41)57-49)56(45)36-23-26-40-39-17-9-12-20-47(39)58-50(40)32-36/h5-32H,1-4H3. The maximum absolute atomic E-state index is 2.54. The predicted octanol–water partition coefficient (Wildman–Crippen LogP) is 16.3. The van der Waals surface area contributed by atoms with E-state index in [0.717, 1.165) is 17.1 Å². The van der Waals surface area contributed by atoms with Crippen molar-refractivity contribution in [1.29, 1.82) is 0 Å². The van der Waals surface area contributed by atoms with E-state index in [-0.39, 0.29) is 10.8 Å². The summed E-state index contributed by atoms with van der Waals surface area (Å²) >= 11 is 3.78. The Morgan fingerprint density at radius 3 is 1.86 bits per heavy atom. The van der Waals surface area contributed by atoms with Crippen molar-refractivity contribution >= 4 is 97.1 Å². The Morgan fingerprint density at radius 2 is 1.03 bits per heavy atom. The van der Waals surface area contributed by atoms with Crippen molar-refractivity contribution < 1.29 is 0 Å². The zero-order chi connectivity index (χ0) is 38.9. The van der Waals surface area contributed by atoms with Gasteiger partial charge in [0.05, 0.1) is 11.4 Å².